The highest BCUT2D eigenvalue weighted by Crippen LogP contribution is 2.20. The molecule has 0 radical (unpaired) electrons. The molecule has 0 bridgehead atoms. The second kappa shape index (κ2) is 7.06. The molecule has 1 atom stereocenters. The van der Waals surface area contributed by atoms with Crippen LogP contribution in [0.25, 0.3) is 0 Å². The van der Waals surface area contributed by atoms with Gasteiger partial charge in [0, 0.05) is 11.8 Å². The van der Waals surface area contributed by atoms with E-state index in [0.29, 0.717) is 5.92 Å². The molecule has 0 heterocycles. The molecular weight excluding hydrogens is 258 g/mol. The lowest BCUT2D eigenvalue weighted by atomic mass is 9.99. The van der Waals surface area contributed by atoms with Crippen LogP contribution in [0, 0.1) is 0 Å². The van der Waals surface area contributed by atoms with E-state index >= 15 is 0 Å². The van der Waals surface area contributed by atoms with Gasteiger partial charge in [-0.3, -0.25) is 0 Å². The molecule has 0 aliphatic heterocycles. The zero-order valence-electron chi connectivity index (χ0n) is 12.3. The first kappa shape index (κ1) is 16.2. The Kier molecular flexibility index (Phi) is 6.01. The molecule has 1 aromatic carbocycles. The fraction of sp³-hybridized carbons (Fsp3) is 0.600. The average Bonchev–Trinajstić information content (AvgIpc) is 2.38. The van der Waals surface area contributed by atoms with Gasteiger partial charge in [0.2, 0.25) is 0 Å². The highest BCUT2D eigenvalue weighted by molar-refractivity contribution is 7.91. The van der Waals surface area contributed by atoms with Gasteiger partial charge < -0.3 is 5.32 Å². The third-order valence-electron chi connectivity index (χ3n) is 3.32. The minimum atomic E-state index is -2.98. The molecule has 0 fully saturated rings. The minimum absolute atomic E-state index is 0.115. The van der Waals surface area contributed by atoms with E-state index in [-0.39, 0.29) is 17.5 Å². The van der Waals surface area contributed by atoms with E-state index in [4.69, 9.17) is 0 Å². The van der Waals surface area contributed by atoms with Crippen molar-refractivity contribution in [2.45, 2.75) is 39.7 Å². The van der Waals surface area contributed by atoms with E-state index in [1.165, 1.54) is 5.56 Å². The first-order valence-electron chi connectivity index (χ1n) is 6.93. The summed E-state index contributed by atoms with van der Waals surface area (Å²) in [6.07, 6.45) is 0. The summed E-state index contributed by atoms with van der Waals surface area (Å²) in [5.41, 5.74) is 2.32. The first-order valence-corrected chi connectivity index (χ1v) is 8.75. The third kappa shape index (κ3) is 4.96. The Bertz CT molecular complexity index is 477. The molecule has 1 aromatic rings. The first-order chi connectivity index (χ1) is 8.89. The Morgan fingerprint density at radius 3 is 2.00 bits per heavy atom. The normalized spacial score (nSPS) is 13.7. The average molecular weight is 283 g/mol. The monoisotopic (exact) mass is 283 g/mol. The molecule has 0 aromatic heterocycles. The molecule has 0 aliphatic carbocycles. The summed E-state index contributed by atoms with van der Waals surface area (Å²) in [6, 6.07) is 8.13. The zero-order valence-corrected chi connectivity index (χ0v) is 13.1. The van der Waals surface area contributed by atoms with Gasteiger partial charge in [-0.2, -0.15) is 0 Å². The van der Waals surface area contributed by atoms with Crippen molar-refractivity contribution in [3.05, 3.63) is 35.4 Å². The van der Waals surface area contributed by atoms with Crippen LogP contribution in [0.2, 0.25) is 0 Å². The fourth-order valence-corrected chi connectivity index (χ4v) is 3.06. The van der Waals surface area contributed by atoms with Gasteiger partial charge in [-0.15, -0.1) is 0 Å². The molecule has 3 nitrogen and oxygen atoms in total. The van der Waals surface area contributed by atoms with E-state index in [1.54, 1.807) is 6.92 Å². The summed E-state index contributed by atoms with van der Waals surface area (Å²) < 4.78 is 23.6. The second-order valence-electron chi connectivity index (χ2n) is 5.13. The van der Waals surface area contributed by atoms with E-state index in [1.807, 2.05) is 19.1 Å². The van der Waals surface area contributed by atoms with Crippen LogP contribution in [0.5, 0.6) is 0 Å². The Labute approximate surface area is 117 Å². The van der Waals surface area contributed by atoms with Gasteiger partial charge in [0.05, 0.1) is 5.75 Å². The molecule has 19 heavy (non-hydrogen) atoms. The highest BCUT2D eigenvalue weighted by Gasteiger charge is 2.18. The van der Waals surface area contributed by atoms with Crippen LogP contribution < -0.4 is 5.32 Å². The van der Waals surface area contributed by atoms with Crippen molar-refractivity contribution in [2.75, 3.05) is 18.1 Å². The summed E-state index contributed by atoms with van der Waals surface area (Å²) in [5, 5.41) is 3.26. The van der Waals surface area contributed by atoms with Crippen LogP contribution in [0.1, 0.15) is 50.8 Å². The maximum atomic E-state index is 11.8. The molecule has 0 saturated carbocycles. The van der Waals surface area contributed by atoms with Crippen molar-refractivity contribution in [1.29, 1.82) is 0 Å². The Morgan fingerprint density at radius 1 is 1.05 bits per heavy atom. The largest absolute Gasteiger partial charge is 0.309 e. The van der Waals surface area contributed by atoms with Gasteiger partial charge in [0.25, 0.3) is 0 Å². The summed E-state index contributed by atoms with van der Waals surface area (Å²) in [5.74, 6) is 0.850. The number of sulfone groups is 1. The molecule has 4 heteroatoms. The summed E-state index contributed by atoms with van der Waals surface area (Å²) in [4.78, 5) is 0. The Balaban J connectivity index is 2.93. The predicted molar refractivity (Wildman–Crippen MR) is 81.3 cm³/mol. The molecule has 108 valence electrons. The van der Waals surface area contributed by atoms with Crippen LogP contribution in [0.4, 0.5) is 0 Å². The number of hydrogen-bond donors (Lipinski definition) is 1. The lowest BCUT2D eigenvalue weighted by molar-refractivity contribution is 0.560. The molecule has 0 saturated heterocycles. The van der Waals surface area contributed by atoms with Crippen LogP contribution in [-0.2, 0) is 9.84 Å². The third-order valence-corrected chi connectivity index (χ3v) is 5.04. The molecule has 1 rings (SSSR count). The highest BCUT2D eigenvalue weighted by atomic mass is 32.2. The predicted octanol–water partition coefficient (Wildman–Crippen LogP) is 2.90. The van der Waals surface area contributed by atoms with Crippen molar-refractivity contribution in [2.24, 2.45) is 0 Å². The Hall–Kier alpha value is -0.870. The summed E-state index contributed by atoms with van der Waals surface area (Å²) >= 11 is 0. The number of nitrogens with one attached hydrogen (secondary N) is 1. The molecule has 0 spiro atoms. The van der Waals surface area contributed by atoms with Gasteiger partial charge in [-0.05, 0) is 23.6 Å². The fourth-order valence-electron chi connectivity index (χ4n) is 2.00. The van der Waals surface area contributed by atoms with E-state index in [9.17, 15) is 8.42 Å². The standard InChI is InChI=1S/C15H25NO2S/c1-5-16-15(11-19(17,18)6-2)14-9-7-13(8-10-14)12(3)4/h7-10,12,15-16H,5-6,11H2,1-4H3. The zero-order chi connectivity index (χ0) is 14.5. The Morgan fingerprint density at radius 2 is 1.58 bits per heavy atom. The van der Waals surface area contributed by atoms with Gasteiger partial charge in [-0.25, -0.2) is 8.42 Å². The smallest absolute Gasteiger partial charge is 0.151 e. The quantitative estimate of drug-likeness (QED) is 0.837. The maximum absolute atomic E-state index is 11.8. The van der Waals surface area contributed by atoms with Crippen molar-refractivity contribution in [3.8, 4) is 0 Å². The van der Waals surface area contributed by atoms with Crippen LogP contribution in [0.15, 0.2) is 24.3 Å². The topological polar surface area (TPSA) is 46.2 Å². The lowest BCUT2D eigenvalue weighted by Crippen LogP contribution is -2.28. The molecule has 1 N–H and O–H groups in total. The number of benzene rings is 1. The van der Waals surface area contributed by atoms with Crippen molar-refractivity contribution < 1.29 is 8.42 Å². The molecule has 0 aliphatic rings. The van der Waals surface area contributed by atoms with Crippen LogP contribution in [-0.4, -0.2) is 26.5 Å². The van der Waals surface area contributed by atoms with Crippen molar-refractivity contribution >= 4 is 9.84 Å². The van der Waals surface area contributed by atoms with Crippen LogP contribution in [0.3, 0.4) is 0 Å². The van der Waals surface area contributed by atoms with Gasteiger partial charge in [0.1, 0.15) is 0 Å². The van der Waals surface area contributed by atoms with E-state index < -0.39 is 9.84 Å². The van der Waals surface area contributed by atoms with Crippen LogP contribution >= 0.6 is 0 Å². The van der Waals surface area contributed by atoms with Gasteiger partial charge in [-0.1, -0.05) is 52.0 Å². The summed E-state index contributed by atoms with van der Waals surface area (Å²) in [6.45, 7) is 8.75. The van der Waals surface area contributed by atoms with Gasteiger partial charge >= 0.3 is 0 Å². The lowest BCUT2D eigenvalue weighted by Gasteiger charge is -2.19. The summed E-state index contributed by atoms with van der Waals surface area (Å²) in [7, 11) is -2.98. The van der Waals surface area contributed by atoms with E-state index in [2.05, 4.69) is 31.3 Å². The second-order valence-corrected chi connectivity index (χ2v) is 7.53. The molecule has 0 amide bonds. The minimum Gasteiger partial charge on any atom is -0.309 e. The SMILES string of the molecule is CCNC(CS(=O)(=O)CC)c1ccc(C(C)C)cc1. The number of hydrogen-bond acceptors (Lipinski definition) is 3. The van der Waals surface area contributed by atoms with Crippen molar-refractivity contribution in [3.63, 3.8) is 0 Å². The van der Waals surface area contributed by atoms with E-state index in [0.717, 1.165) is 12.1 Å². The molecular formula is C15H25NO2S. The molecule has 1 unspecified atom stereocenters. The van der Waals surface area contributed by atoms with Gasteiger partial charge in [0.15, 0.2) is 9.84 Å². The van der Waals surface area contributed by atoms with Crippen molar-refractivity contribution in [1.82, 2.24) is 5.32 Å². The number of rotatable bonds is 7. The maximum Gasteiger partial charge on any atom is 0.151 e.